The molecule has 2 aromatic heterocycles. The zero-order valence-electron chi connectivity index (χ0n) is 17.5. The van der Waals surface area contributed by atoms with Crippen molar-refractivity contribution in [1.82, 2.24) is 0 Å². The van der Waals surface area contributed by atoms with Crippen LogP contribution in [-0.2, 0) is 12.8 Å². The summed E-state index contributed by atoms with van der Waals surface area (Å²) in [7, 11) is 0. The Labute approximate surface area is 180 Å². The van der Waals surface area contributed by atoms with E-state index in [1.54, 1.807) is 12.1 Å². The summed E-state index contributed by atoms with van der Waals surface area (Å²) < 4.78 is 5.22. The number of amides is 2. The van der Waals surface area contributed by atoms with Crippen LogP contribution < -0.4 is 10.6 Å². The molecule has 0 fully saturated rings. The number of hydrogen-bond donors (Lipinski definition) is 2. The van der Waals surface area contributed by atoms with E-state index >= 15 is 0 Å². The lowest BCUT2D eigenvalue weighted by atomic mass is 9.72. The molecule has 1 aliphatic carbocycles. The van der Waals surface area contributed by atoms with Crippen LogP contribution in [0.2, 0.25) is 0 Å². The summed E-state index contributed by atoms with van der Waals surface area (Å²) >= 11 is 1.51. The first-order valence-corrected chi connectivity index (χ1v) is 11.0. The van der Waals surface area contributed by atoms with Crippen molar-refractivity contribution < 1.29 is 14.0 Å². The van der Waals surface area contributed by atoms with E-state index in [0.29, 0.717) is 16.5 Å². The van der Waals surface area contributed by atoms with Crippen molar-refractivity contribution in [2.45, 2.75) is 40.0 Å². The molecule has 0 radical (unpaired) electrons. The number of nitrogens with one attached hydrogen (secondary N) is 2. The van der Waals surface area contributed by atoms with Gasteiger partial charge in [0.2, 0.25) is 0 Å². The highest BCUT2D eigenvalue weighted by atomic mass is 32.1. The van der Waals surface area contributed by atoms with Crippen LogP contribution in [0.25, 0.3) is 0 Å². The zero-order chi connectivity index (χ0) is 21.3. The lowest BCUT2D eigenvalue weighted by molar-refractivity contribution is 0.0997. The maximum atomic E-state index is 13.2. The number of fused-ring (bicyclic) bond motifs is 1. The van der Waals surface area contributed by atoms with Gasteiger partial charge in [-0.05, 0) is 60.4 Å². The summed E-state index contributed by atoms with van der Waals surface area (Å²) in [5, 5.41) is 6.48. The first-order valence-electron chi connectivity index (χ1n) is 10.2. The topological polar surface area (TPSA) is 71.3 Å². The maximum Gasteiger partial charge on any atom is 0.291 e. The van der Waals surface area contributed by atoms with Gasteiger partial charge in [0, 0.05) is 10.6 Å². The monoisotopic (exact) mass is 422 g/mol. The van der Waals surface area contributed by atoms with Crippen molar-refractivity contribution in [2.24, 2.45) is 11.3 Å². The SMILES string of the molecule is CC(C)(C)C1CCc2c(sc(NC(=O)c3ccco3)c2C(=O)Nc2ccccc2)C1. The van der Waals surface area contributed by atoms with E-state index in [-0.39, 0.29) is 23.0 Å². The normalized spacial score (nSPS) is 16.0. The zero-order valence-corrected chi connectivity index (χ0v) is 18.3. The molecule has 1 aromatic carbocycles. The highest BCUT2D eigenvalue weighted by molar-refractivity contribution is 7.17. The first-order chi connectivity index (χ1) is 14.3. The molecule has 3 aromatic rings. The van der Waals surface area contributed by atoms with Crippen molar-refractivity contribution in [3.8, 4) is 0 Å². The molecule has 0 saturated carbocycles. The van der Waals surface area contributed by atoms with Gasteiger partial charge in [0.15, 0.2) is 5.76 Å². The average Bonchev–Trinajstić information content (AvgIpc) is 3.35. The van der Waals surface area contributed by atoms with E-state index < -0.39 is 0 Å². The van der Waals surface area contributed by atoms with Crippen LogP contribution in [-0.4, -0.2) is 11.8 Å². The van der Waals surface area contributed by atoms with Gasteiger partial charge in [0.25, 0.3) is 11.8 Å². The third-order valence-electron chi connectivity index (χ3n) is 5.72. The third kappa shape index (κ3) is 4.19. The molecule has 30 heavy (non-hydrogen) atoms. The van der Waals surface area contributed by atoms with E-state index in [4.69, 9.17) is 4.42 Å². The van der Waals surface area contributed by atoms with Gasteiger partial charge in [-0.3, -0.25) is 9.59 Å². The molecule has 6 heteroatoms. The molecule has 2 heterocycles. The van der Waals surface area contributed by atoms with Crippen molar-refractivity contribution in [3.63, 3.8) is 0 Å². The molecule has 1 aliphatic rings. The fourth-order valence-electron chi connectivity index (χ4n) is 3.94. The van der Waals surface area contributed by atoms with Crippen LogP contribution in [0.5, 0.6) is 0 Å². The fourth-order valence-corrected chi connectivity index (χ4v) is 5.26. The van der Waals surface area contributed by atoms with Gasteiger partial charge < -0.3 is 15.1 Å². The number of hydrogen-bond acceptors (Lipinski definition) is 4. The van der Waals surface area contributed by atoms with Gasteiger partial charge in [-0.1, -0.05) is 39.0 Å². The molecule has 0 bridgehead atoms. The number of carbonyl (C=O) groups is 2. The predicted molar refractivity (Wildman–Crippen MR) is 120 cm³/mol. The standard InChI is InChI=1S/C24H26N2O3S/c1-24(2,3)15-11-12-17-19(14-15)30-23(26-21(27)18-10-7-13-29-18)20(17)22(28)25-16-8-5-4-6-9-16/h4-10,13,15H,11-12,14H2,1-3H3,(H,25,28)(H,26,27). The first kappa shape index (κ1) is 20.4. The Morgan fingerprint density at radius 3 is 2.47 bits per heavy atom. The van der Waals surface area contributed by atoms with Gasteiger partial charge in [-0.2, -0.15) is 0 Å². The number of para-hydroxylation sites is 1. The van der Waals surface area contributed by atoms with Crippen molar-refractivity contribution in [1.29, 1.82) is 0 Å². The average molecular weight is 423 g/mol. The summed E-state index contributed by atoms with van der Waals surface area (Å²) in [6, 6.07) is 12.7. The quantitative estimate of drug-likeness (QED) is 0.542. The fraction of sp³-hybridized carbons (Fsp3) is 0.333. The Hall–Kier alpha value is -2.86. The molecule has 2 amide bonds. The van der Waals surface area contributed by atoms with E-state index in [9.17, 15) is 9.59 Å². The Bertz CT molecular complexity index is 1050. The Morgan fingerprint density at radius 1 is 1.03 bits per heavy atom. The van der Waals surface area contributed by atoms with E-state index in [1.807, 2.05) is 30.3 Å². The second-order valence-corrected chi connectivity index (χ2v) is 9.87. The third-order valence-corrected chi connectivity index (χ3v) is 6.89. The van der Waals surface area contributed by atoms with Crippen molar-refractivity contribution >= 4 is 33.8 Å². The Balaban J connectivity index is 1.68. The predicted octanol–water partition coefficient (Wildman–Crippen LogP) is 6.00. The largest absolute Gasteiger partial charge is 0.459 e. The molecule has 1 atom stereocenters. The Morgan fingerprint density at radius 2 is 1.80 bits per heavy atom. The highest BCUT2D eigenvalue weighted by Crippen LogP contribution is 2.44. The van der Waals surface area contributed by atoms with Crippen LogP contribution in [0, 0.1) is 11.3 Å². The maximum absolute atomic E-state index is 13.2. The van der Waals surface area contributed by atoms with Gasteiger partial charge >= 0.3 is 0 Å². The van der Waals surface area contributed by atoms with E-state index in [0.717, 1.165) is 30.5 Å². The second kappa shape index (κ2) is 8.11. The molecule has 2 N–H and O–H groups in total. The minimum absolute atomic E-state index is 0.192. The summed E-state index contributed by atoms with van der Waals surface area (Å²) in [5.74, 6) is 0.230. The van der Waals surface area contributed by atoms with Crippen LogP contribution >= 0.6 is 11.3 Å². The van der Waals surface area contributed by atoms with Gasteiger partial charge in [-0.15, -0.1) is 11.3 Å². The molecule has 1 unspecified atom stereocenters. The number of benzene rings is 1. The van der Waals surface area contributed by atoms with Crippen LogP contribution in [0.15, 0.2) is 53.1 Å². The Kier molecular flexibility index (Phi) is 5.52. The minimum Gasteiger partial charge on any atom is -0.459 e. The van der Waals surface area contributed by atoms with E-state index in [1.165, 1.54) is 22.5 Å². The molecule has 5 nitrogen and oxygen atoms in total. The van der Waals surface area contributed by atoms with E-state index in [2.05, 4.69) is 31.4 Å². The number of rotatable bonds is 4. The van der Waals surface area contributed by atoms with Crippen molar-refractivity contribution in [3.05, 3.63) is 70.5 Å². The number of furan rings is 1. The summed E-state index contributed by atoms with van der Waals surface area (Å²) in [6.45, 7) is 6.79. The molecule has 0 saturated heterocycles. The number of anilines is 2. The lowest BCUT2D eigenvalue weighted by Crippen LogP contribution is -2.27. The summed E-state index contributed by atoms with van der Waals surface area (Å²) in [5.41, 5.74) is 2.56. The number of carbonyl (C=O) groups excluding carboxylic acids is 2. The molecular weight excluding hydrogens is 396 g/mol. The minimum atomic E-state index is -0.347. The van der Waals surface area contributed by atoms with Gasteiger partial charge in [0.05, 0.1) is 11.8 Å². The second-order valence-electron chi connectivity index (χ2n) is 8.77. The van der Waals surface area contributed by atoms with Gasteiger partial charge in [-0.25, -0.2) is 0 Å². The van der Waals surface area contributed by atoms with Crippen LogP contribution in [0.1, 0.15) is 58.5 Å². The summed E-state index contributed by atoms with van der Waals surface area (Å²) in [6.07, 6.45) is 4.25. The molecule has 4 rings (SSSR count). The molecule has 156 valence electrons. The molecular formula is C24H26N2O3S. The van der Waals surface area contributed by atoms with Crippen LogP contribution in [0.3, 0.4) is 0 Å². The van der Waals surface area contributed by atoms with Crippen molar-refractivity contribution in [2.75, 3.05) is 10.6 Å². The smallest absolute Gasteiger partial charge is 0.291 e. The lowest BCUT2D eigenvalue weighted by Gasteiger charge is -2.33. The highest BCUT2D eigenvalue weighted by Gasteiger charge is 2.34. The molecule has 0 aliphatic heterocycles. The van der Waals surface area contributed by atoms with Crippen LogP contribution in [0.4, 0.5) is 10.7 Å². The summed E-state index contributed by atoms with van der Waals surface area (Å²) in [4.78, 5) is 27.0. The number of thiophene rings is 1. The van der Waals surface area contributed by atoms with Gasteiger partial charge in [0.1, 0.15) is 5.00 Å². The molecule has 0 spiro atoms.